The second kappa shape index (κ2) is 2.26. The van der Waals surface area contributed by atoms with E-state index in [-0.39, 0.29) is 0 Å². The molecule has 1 amide bonds. The van der Waals surface area contributed by atoms with Gasteiger partial charge in [0.1, 0.15) is 0 Å². The maximum Gasteiger partial charge on any atom is 0.454 e. The minimum absolute atomic E-state index is 1.04. The van der Waals surface area contributed by atoms with Crippen LogP contribution < -0.4 is 5.32 Å². The van der Waals surface area contributed by atoms with Crippen LogP contribution in [0.1, 0.15) is 0 Å². The molecule has 0 bridgehead atoms. The predicted molar refractivity (Wildman–Crippen MR) is 19.4 cm³/mol. The maximum absolute atomic E-state index is 9.31. The van der Waals surface area contributed by atoms with Gasteiger partial charge in [0.05, 0.1) is 0 Å². The normalized spacial score (nSPS) is 6.67. The van der Waals surface area contributed by atoms with Gasteiger partial charge in [-0.05, 0) is 0 Å². The lowest BCUT2D eigenvalue weighted by molar-refractivity contribution is 0.173. The highest BCUT2D eigenvalue weighted by molar-refractivity contribution is 5.64. The monoisotopic (exact) mass is 86.0 g/mol. The summed E-state index contributed by atoms with van der Waals surface area (Å²) in [5.74, 6) is 0. The van der Waals surface area contributed by atoms with Crippen molar-refractivity contribution in [2.45, 2.75) is 0 Å². The van der Waals surface area contributed by atoms with Crippen LogP contribution in [0.5, 0.6) is 0 Å². The molecule has 1 N–H and O–H groups in total. The fourth-order valence-electron chi connectivity index (χ4n) is 0.0833. The van der Waals surface area contributed by atoms with E-state index >= 15 is 0 Å². The number of carbonyl (C=O) groups excluding carboxylic acids is 1. The molecule has 33 valence electrons. The van der Waals surface area contributed by atoms with Crippen LogP contribution >= 0.6 is 0 Å². The summed E-state index contributed by atoms with van der Waals surface area (Å²) in [5.41, 5.74) is 0. The van der Waals surface area contributed by atoms with Gasteiger partial charge in [-0.1, -0.05) is 6.58 Å². The standard InChI is InChI=1S/C3H4NO2/c1-2-4-3(5)6/h2,4H,1H2. The lowest BCUT2D eigenvalue weighted by Crippen LogP contribution is -2.10. The molecule has 0 spiro atoms. The van der Waals surface area contributed by atoms with E-state index in [0.29, 0.717) is 0 Å². The minimum atomic E-state index is -1.33. The van der Waals surface area contributed by atoms with Gasteiger partial charge in [0.2, 0.25) is 0 Å². The van der Waals surface area contributed by atoms with Gasteiger partial charge in [0.15, 0.2) is 0 Å². The van der Waals surface area contributed by atoms with Gasteiger partial charge in [-0.3, -0.25) is 5.32 Å². The van der Waals surface area contributed by atoms with E-state index < -0.39 is 6.09 Å². The Bertz CT molecular complexity index is 69.2. The lowest BCUT2D eigenvalue weighted by Gasteiger charge is -1.77. The molecular weight excluding hydrogens is 82.0 g/mol. The first-order valence-electron chi connectivity index (χ1n) is 1.36. The molecule has 0 atom stereocenters. The van der Waals surface area contributed by atoms with Gasteiger partial charge in [0.25, 0.3) is 0 Å². The SMILES string of the molecule is C=CNC([O])=O. The van der Waals surface area contributed by atoms with Crippen LogP contribution in [0.3, 0.4) is 0 Å². The molecule has 0 saturated carbocycles. The van der Waals surface area contributed by atoms with Crippen molar-refractivity contribution in [2.24, 2.45) is 0 Å². The zero-order valence-electron chi connectivity index (χ0n) is 3.10. The fourth-order valence-corrected chi connectivity index (χ4v) is 0.0833. The third kappa shape index (κ3) is 3.01. The number of hydrogen-bond acceptors (Lipinski definition) is 1. The molecule has 0 aliphatic heterocycles. The lowest BCUT2D eigenvalue weighted by atomic mass is 11.0. The van der Waals surface area contributed by atoms with E-state index in [2.05, 4.69) is 6.58 Å². The molecule has 1 radical (unpaired) electrons. The smallest absolute Gasteiger partial charge is 0.296 e. The molecule has 0 saturated heterocycles. The van der Waals surface area contributed by atoms with Crippen LogP contribution in [-0.4, -0.2) is 6.09 Å². The Balaban J connectivity index is 3.05. The van der Waals surface area contributed by atoms with Crippen LogP contribution in [0.2, 0.25) is 0 Å². The third-order valence-electron chi connectivity index (χ3n) is 0.220. The van der Waals surface area contributed by atoms with Crippen molar-refractivity contribution in [1.82, 2.24) is 5.32 Å². The maximum atomic E-state index is 9.31. The van der Waals surface area contributed by atoms with Crippen LogP contribution in [0.15, 0.2) is 12.8 Å². The highest BCUT2D eigenvalue weighted by atomic mass is 16.4. The highest BCUT2D eigenvalue weighted by Crippen LogP contribution is 1.56. The van der Waals surface area contributed by atoms with E-state index in [1.165, 1.54) is 0 Å². The first kappa shape index (κ1) is 5.01. The van der Waals surface area contributed by atoms with Crippen molar-refractivity contribution >= 4 is 6.09 Å². The summed E-state index contributed by atoms with van der Waals surface area (Å²) in [6.07, 6.45) is -0.292. The highest BCUT2D eigenvalue weighted by Gasteiger charge is 1.85. The fraction of sp³-hybridized carbons (Fsp3) is 0. The molecular formula is C3H4NO2. The largest absolute Gasteiger partial charge is 0.454 e. The molecule has 0 aromatic heterocycles. The van der Waals surface area contributed by atoms with Crippen molar-refractivity contribution < 1.29 is 9.90 Å². The number of carbonyl (C=O) groups is 1. The summed E-state index contributed by atoms with van der Waals surface area (Å²) in [6, 6.07) is 0. The van der Waals surface area contributed by atoms with E-state index in [1.54, 1.807) is 5.32 Å². The molecule has 0 aliphatic carbocycles. The Morgan fingerprint density at radius 3 is 2.33 bits per heavy atom. The van der Waals surface area contributed by atoms with E-state index in [0.717, 1.165) is 6.20 Å². The Hall–Kier alpha value is -0.990. The van der Waals surface area contributed by atoms with Crippen molar-refractivity contribution in [1.29, 1.82) is 0 Å². The van der Waals surface area contributed by atoms with Gasteiger partial charge < -0.3 is 0 Å². The Morgan fingerprint density at radius 2 is 2.33 bits per heavy atom. The Morgan fingerprint density at radius 1 is 1.83 bits per heavy atom. The van der Waals surface area contributed by atoms with Crippen molar-refractivity contribution in [3.05, 3.63) is 12.8 Å². The predicted octanol–water partition coefficient (Wildman–Crippen LogP) is 0.270. The zero-order valence-corrected chi connectivity index (χ0v) is 3.10. The molecule has 0 aromatic rings. The molecule has 0 heterocycles. The van der Waals surface area contributed by atoms with Crippen molar-refractivity contribution in [3.63, 3.8) is 0 Å². The van der Waals surface area contributed by atoms with Crippen LogP contribution in [-0.2, 0) is 5.11 Å². The molecule has 6 heavy (non-hydrogen) atoms. The molecule has 3 heteroatoms. The number of amides is 1. The average Bonchev–Trinajstić information content (AvgIpc) is 1.35. The summed E-state index contributed by atoms with van der Waals surface area (Å²) < 4.78 is 0. The van der Waals surface area contributed by atoms with Gasteiger partial charge in [-0.25, -0.2) is 9.90 Å². The molecule has 0 unspecified atom stereocenters. The second-order valence-corrected chi connectivity index (χ2v) is 0.636. The summed E-state index contributed by atoms with van der Waals surface area (Å²) in [6.45, 7) is 3.07. The van der Waals surface area contributed by atoms with Crippen LogP contribution in [0.25, 0.3) is 0 Å². The number of rotatable bonds is 1. The molecule has 0 fully saturated rings. The van der Waals surface area contributed by atoms with E-state index in [1.807, 2.05) is 0 Å². The summed E-state index contributed by atoms with van der Waals surface area (Å²) >= 11 is 0. The summed E-state index contributed by atoms with van der Waals surface area (Å²) in [5, 5.41) is 11.1. The third-order valence-corrected chi connectivity index (χ3v) is 0.220. The van der Waals surface area contributed by atoms with Gasteiger partial charge in [0, 0.05) is 6.20 Å². The quantitative estimate of drug-likeness (QED) is 0.489. The average molecular weight is 86.1 g/mol. The van der Waals surface area contributed by atoms with E-state index in [4.69, 9.17) is 0 Å². The van der Waals surface area contributed by atoms with Gasteiger partial charge >= 0.3 is 6.09 Å². The van der Waals surface area contributed by atoms with E-state index in [9.17, 15) is 9.90 Å². The van der Waals surface area contributed by atoms with Gasteiger partial charge in [-0.2, -0.15) is 0 Å². The minimum Gasteiger partial charge on any atom is -0.296 e. The Kier molecular flexibility index (Phi) is 1.89. The van der Waals surface area contributed by atoms with Crippen molar-refractivity contribution in [2.75, 3.05) is 0 Å². The number of nitrogens with one attached hydrogen (secondary N) is 1. The molecule has 3 nitrogen and oxygen atoms in total. The number of hydrogen-bond donors (Lipinski definition) is 1. The van der Waals surface area contributed by atoms with Crippen LogP contribution in [0, 0.1) is 0 Å². The van der Waals surface area contributed by atoms with Crippen LogP contribution in [0.4, 0.5) is 4.79 Å². The summed E-state index contributed by atoms with van der Waals surface area (Å²) in [7, 11) is 0. The van der Waals surface area contributed by atoms with Crippen molar-refractivity contribution in [3.8, 4) is 0 Å². The topological polar surface area (TPSA) is 49.0 Å². The molecule has 0 rings (SSSR count). The zero-order chi connectivity index (χ0) is 4.99. The molecule has 0 aliphatic rings. The first-order chi connectivity index (χ1) is 2.77. The molecule has 0 aromatic carbocycles. The van der Waals surface area contributed by atoms with Gasteiger partial charge in [-0.15, -0.1) is 0 Å². The second-order valence-electron chi connectivity index (χ2n) is 0.636. The Labute approximate surface area is 35.3 Å². The summed E-state index contributed by atoms with van der Waals surface area (Å²) in [4.78, 5) is 9.31. The first-order valence-corrected chi connectivity index (χ1v) is 1.36.